The van der Waals surface area contributed by atoms with E-state index in [2.05, 4.69) is 0 Å². The fourth-order valence-electron chi connectivity index (χ4n) is 0.247. The van der Waals surface area contributed by atoms with Gasteiger partial charge in [-0.3, -0.25) is 10.4 Å². The van der Waals surface area contributed by atoms with Crippen molar-refractivity contribution in [3.05, 3.63) is 12.0 Å². The normalized spacial score (nSPS) is 11.2. The van der Waals surface area contributed by atoms with Crippen molar-refractivity contribution in [2.45, 2.75) is 0 Å². The summed E-state index contributed by atoms with van der Waals surface area (Å²) < 4.78 is 12.2. The lowest BCUT2D eigenvalue weighted by atomic mass is 10.5. The molecule has 0 heterocycles. The van der Waals surface area contributed by atoms with E-state index in [0.717, 1.165) is 5.01 Å². The lowest BCUT2D eigenvalue weighted by Gasteiger charge is -2.09. The minimum atomic E-state index is -0.833. The number of hydrazine groups is 1. The summed E-state index contributed by atoms with van der Waals surface area (Å²) in [4.78, 5) is 0. The molecule has 0 aliphatic rings. The molecule has 0 saturated carbocycles. The second kappa shape index (κ2) is 3.03. The minimum Gasteiger partial charge on any atom is -0.402 e. The van der Waals surface area contributed by atoms with E-state index in [4.69, 9.17) is 17.0 Å². The molecule has 0 aliphatic carbocycles. The van der Waals surface area contributed by atoms with E-state index < -0.39 is 11.7 Å². The number of hydrogen-bond acceptors (Lipinski definition) is 3. The molecule has 0 amide bonds. The summed E-state index contributed by atoms with van der Waals surface area (Å²) in [6.07, 6.45) is 0.686. The van der Waals surface area contributed by atoms with Gasteiger partial charge in [-0.05, 0) is 0 Å². The number of hydrogen-bond donors (Lipinski definition) is 3. The highest BCUT2D eigenvalue weighted by Crippen LogP contribution is 1.95. The zero-order valence-corrected chi connectivity index (χ0v) is 5.06. The molecule has 0 saturated heterocycles. The maximum Gasteiger partial charge on any atom is 0.181 e. The highest BCUT2D eigenvalue weighted by molar-refractivity contribution is 5.92. The molecule has 4 nitrogen and oxygen atoms in total. The molecule has 0 aromatic heterocycles. The molecule has 0 unspecified atom stereocenters. The van der Waals surface area contributed by atoms with Gasteiger partial charge in [-0.1, -0.05) is 0 Å². The van der Waals surface area contributed by atoms with Gasteiger partial charge in [0.2, 0.25) is 0 Å². The first-order valence-corrected chi connectivity index (χ1v) is 2.24. The number of nitrogens with zero attached hydrogens (tertiary/aromatic N) is 1. The van der Waals surface area contributed by atoms with Gasteiger partial charge in [-0.15, -0.1) is 0 Å². The lowest BCUT2D eigenvalue weighted by Crippen LogP contribution is -2.33. The third-order valence-corrected chi connectivity index (χ3v) is 0.725. The Morgan fingerprint density at radius 2 is 2.22 bits per heavy atom. The zero-order valence-electron chi connectivity index (χ0n) is 5.06. The molecular formula is C4H9FN4. The van der Waals surface area contributed by atoms with Crippen molar-refractivity contribution >= 4 is 5.84 Å². The number of nitrogens with one attached hydrogen (secondary N) is 1. The Morgan fingerprint density at radius 3 is 2.33 bits per heavy atom. The van der Waals surface area contributed by atoms with E-state index in [1.165, 1.54) is 7.05 Å². The van der Waals surface area contributed by atoms with Crippen molar-refractivity contribution < 1.29 is 4.39 Å². The van der Waals surface area contributed by atoms with Crippen LogP contribution in [0.15, 0.2) is 12.0 Å². The van der Waals surface area contributed by atoms with Gasteiger partial charge < -0.3 is 5.73 Å². The van der Waals surface area contributed by atoms with E-state index >= 15 is 0 Å². The molecule has 0 rings (SSSR count). The van der Waals surface area contributed by atoms with Crippen molar-refractivity contribution in [3.63, 3.8) is 0 Å². The Hall–Kier alpha value is -1.10. The first-order chi connectivity index (χ1) is 4.09. The molecule has 0 atom stereocenters. The van der Waals surface area contributed by atoms with E-state index in [1.54, 1.807) is 0 Å². The standard InChI is InChI=1S/C4H9FN4/c1-9(8)4(7)3(5)2-6/h2,7H,6,8H2,1H3. The van der Waals surface area contributed by atoms with E-state index in [1.807, 2.05) is 0 Å². The quantitative estimate of drug-likeness (QED) is 0.195. The van der Waals surface area contributed by atoms with Gasteiger partial charge in [-0.2, -0.15) is 0 Å². The summed E-state index contributed by atoms with van der Waals surface area (Å²) in [5.74, 6) is 3.72. The van der Waals surface area contributed by atoms with E-state index in [-0.39, 0.29) is 0 Å². The molecule has 0 spiro atoms. The minimum absolute atomic E-state index is 0.433. The van der Waals surface area contributed by atoms with E-state index in [0.29, 0.717) is 6.20 Å². The SMILES string of the molecule is CN(N)C(=N)C(F)=CN. The Labute approximate surface area is 52.4 Å². The largest absolute Gasteiger partial charge is 0.402 e. The van der Waals surface area contributed by atoms with Crippen LogP contribution >= 0.6 is 0 Å². The highest BCUT2D eigenvalue weighted by Gasteiger charge is 2.03. The van der Waals surface area contributed by atoms with Crippen molar-refractivity contribution in [2.24, 2.45) is 11.6 Å². The number of amidine groups is 1. The fourth-order valence-corrected chi connectivity index (χ4v) is 0.247. The van der Waals surface area contributed by atoms with Crippen molar-refractivity contribution in [2.75, 3.05) is 7.05 Å². The lowest BCUT2D eigenvalue weighted by molar-refractivity contribution is 0.511. The third kappa shape index (κ3) is 2.09. The summed E-state index contributed by atoms with van der Waals surface area (Å²) >= 11 is 0. The van der Waals surface area contributed by atoms with Crippen LogP contribution in [0.25, 0.3) is 0 Å². The predicted molar refractivity (Wildman–Crippen MR) is 33.1 cm³/mol. The molecule has 52 valence electrons. The average molecular weight is 132 g/mol. The second-order valence-corrected chi connectivity index (χ2v) is 1.47. The van der Waals surface area contributed by atoms with Gasteiger partial charge in [0.1, 0.15) is 0 Å². The van der Waals surface area contributed by atoms with Crippen molar-refractivity contribution in [1.29, 1.82) is 5.41 Å². The number of likely N-dealkylation sites (N-methyl/N-ethyl adjacent to an activating group) is 1. The van der Waals surface area contributed by atoms with Gasteiger partial charge in [0.25, 0.3) is 0 Å². The van der Waals surface area contributed by atoms with Crippen LogP contribution < -0.4 is 11.6 Å². The van der Waals surface area contributed by atoms with Crippen LogP contribution in [0.5, 0.6) is 0 Å². The molecule has 0 radical (unpaired) electrons. The van der Waals surface area contributed by atoms with Gasteiger partial charge >= 0.3 is 0 Å². The molecule has 0 aliphatic heterocycles. The molecule has 5 N–H and O–H groups in total. The fraction of sp³-hybridized carbons (Fsp3) is 0.250. The second-order valence-electron chi connectivity index (χ2n) is 1.47. The Balaban J connectivity index is 4.06. The Morgan fingerprint density at radius 1 is 1.78 bits per heavy atom. The Kier molecular flexibility index (Phi) is 2.66. The Bertz CT molecular complexity index is 140. The average Bonchev–Trinajstić information content (AvgIpc) is 1.84. The summed E-state index contributed by atoms with van der Waals surface area (Å²) in [6, 6.07) is 0. The van der Waals surface area contributed by atoms with Gasteiger partial charge in [0, 0.05) is 13.2 Å². The maximum absolute atomic E-state index is 12.2. The molecule has 0 aromatic carbocycles. The van der Waals surface area contributed by atoms with Crippen LogP contribution in [0.1, 0.15) is 0 Å². The molecule has 0 fully saturated rings. The first kappa shape index (κ1) is 7.90. The van der Waals surface area contributed by atoms with Crippen LogP contribution in [0.4, 0.5) is 4.39 Å². The number of nitrogens with two attached hydrogens (primary N) is 2. The van der Waals surface area contributed by atoms with Crippen LogP contribution in [0.2, 0.25) is 0 Å². The number of halogens is 1. The van der Waals surface area contributed by atoms with Gasteiger partial charge in [0.15, 0.2) is 11.7 Å². The smallest absolute Gasteiger partial charge is 0.181 e. The topological polar surface area (TPSA) is 79.1 Å². The van der Waals surface area contributed by atoms with Gasteiger partial charge in [-0.25, -0.2) is 10.2 Å². The summed E-state index contributed by atoms with van der Waals surface area (Å²) in [6.45, 7) is 0. The summed E-state index contributed by atoms with van der Waals surface area (Å²) in [5, 5.41) is 7.66. The van der Waals surface area contributed by atoms with Gasteiger partial charge in [0.05, 0.1) is 0 Å². The van der Waals surface area contributed by atoms with E-state index in [9.17, 15) is 4.39 Å². The molecule has 0 bridgehead atoms. The monoisotopic (exact) mass is 132 g/mol. The molecule has 0 aromatic rings. The highest BCUT2D eigenvalue weighted by atomic mass is 19.1. The van der Waals surface area contributed by atoms with Crippen LogP contribution in [-0.2, 0) is 0 Å². The summed E-state index contributed by atoms with van der Waals surface area (Å²) in [5.41, 5.74) is 4.75. The van der Waals surface area contributed by atoms with Crippen LogP contribution in [0, 0.1) is 5.41 Å². The van der Waals surface area contributed by atoms with Crippen LogP contribution in [0.3, 0.4) is 0 Å². The molecule has 9 heavy (non-hydrogen) atoms. The van der Waals surface area contributed by atoms with Crippen molar-refractivity contribution in [3.8, 4) is 0 Å². The molecule has 5 heteroatoms. The predicted octanol–water partition coefficient (Wildman–Crippen LogP) is -0.461. The molecular weight excluding hydrogens is 123 g/mol. The third-order valence-electron chi connectivity index (χ3n) is 0.725. The first-order valence-electron chi connectivity index (χ1n) is 2.24. The maximum atomic E-state index is 12.2. The van der Waals surface area contributed by atoms with Crippen LogP contribution in [-0.4, -0.2) is 17.9 Å². The number of rotatable bonds is 1. The van der Waals surface area contributed by atoms with Crippen molar-refractivity contribution in [1.82, 2.24) is 5.01 Å². The zero-order chi connectivity index (χ0) is 7.44. The summed E-state index contributed by atoms with van der Waals surface area (Å²) in [7, 11) is 1.35.